The van der Waals surface area contributed by atoms with Gasteiger partial charge in [0.25, 0.3) is 0 Å². The Morgan fingerprint density at radius 2 is 1.78 bits per heavy atom. The molecule has 3 nitrogen and oxygen atoms in total. The Hall–Kier alpha value is -0.570. The third-order valence-corrected chi connectivity index (χ3v) is 3.88. The molecule has 0 fully saturated rings. The monoisotopic (exact) mass is 256 g/mol. The van der Waals surface area contributed by atoms with E-state index in [1.807, 2.05) is 4.90 Å². The van der Waals surface area contributed by atoms with Crippen LogP contribution in [0.25, 0.3) is 0 Å². The number of rotatable bonds is 10. The van der Waals surface area contributed by atoms with Crippen LogP contribution in [0.5, 0.6) is 0 Å². The minimum atomic E-state index is 0.313. The van der Waals surface area contributed by atoms with Crippen LogP contribution in [0.3, 0.4) is 0 Å². The van der Waals surface area contributed by atoms with Crippen molar-refractivity contribution in [1.82, 2.24) is 4.90 Å². The molecule has 1 atom stereocenters. The minimum absolute atomic E-state index is 0.313. The second kappa shape index (κ2) is 10.4. The van der Waals surface area contributed by atoms with Gasteiger partial charge < -0.3 is 10.6 Å². The lowest BCUT2D eigenvalue weighted by molar-refractivity contribution is -0.132. The fraction of sp³-hybridized carbons (Fsp3) is 0.933. The van der Waals surface area contributed by atoms with E-state index in [-0.39, 0.29) is 0 Å². The summed E-state index contributed by atoms with van der Waals surface area (Å²) in [5.74, 6) is 1.52. The molecule has 1 amide bonds. The van der Waals surface area contributed by atoms with Gasteiger partial charge in [0.1, 0.15) is 0 Å². The lowest BCUT2D eigenvalue weighted by Gasteiger charge is -2.26. The van der Waals surface area contributed by atoms with E-state index in [1.54, 1.807) is 0 Å². The third-order valence-electron chi connectivity index (χ3n) is 3.88. The van der Waals surface area contributed by atoms with Gasteiger partial charge in [-0.3, -0.25) is 4.79 Å². The van der Waals surface area contributed by atoms with Crippen molar-refractivity contribution in [1.29, 1.82) is 0 Å². The maximum Gasteiger partial charge on any atom is 0.222 e. The molecule has 0 aromatic carbocycles. The molecule has 2 N–H and O–H groups in total. The molecule has 0 spiro atoms. The number of nitrogens with zero attached hydrogens (tertiary/aromatic N) is 1. The van der Waals surface area contributed by atoms with E-state index >= 15 is 0 Å². The van der Waals surface area contributed by atoms with Gasteiger partial charge in [0.2, 0.25) is 5.91 Å². The molecule has 0 aliphatic heterocycles. The van der Waals surface area contributed by atoms with E-state index in [0.29, 0.717) is 24.2 Å². The molecular weight excluding hydrogens is 224 g/mol. The molecule has 1 unspecified atom stereocenters. The molecule has 0 heterocycles. The van der Waals surface area contributed by atoms with Gasteiger partial charge in [0, 0.05) is 19.5 Å². The molecule has 0 aromatic heterocycles. The van der Waals surface area contributed by atoms with E-state index < -0.39 is 0 Å². The average molecular weight is 256 g/mol. The zero-order chi connectivity index (χ0) is 14.0. The Kier molecular flexibility index (Phi) is 10.0. The van der Waals surface area contributed by atoms with Crippen molar-refractivity contribution in [3.05, 3.63) is 0 Å². The van der Waals surface area contributed by atoms with Gasteiger partial charge in [-0.15, -0.1) is 0 Å². The van der Waals surface area contributed by atoms with E-state index in [0.717, 1.165) is 45.3 Å². The SMILES string of the molecule is CCC(CC)CN(CC)C(=O)CCC(C)CCN. The van der Waals surface area contributed by atoms with Crippen LogP contribution in [0.4, 0.5) is 0 Å². The van der Waals surface area contributed by atoms with Crippen LogP contribution >= 0.6 is 0 Å². The number of amides is 1. The highest BCUT2D eigenvalue weighted by Crippen LogP contribution is 2.14. The molecule has 0 rings (SSSR count). The van der Waals surface area contributed by atoms with E-state index in [2.05, 4.69) is 27.7 Å². The van der Waals surface area contributed by atoms with Gasteiger partial charge in [-0.1, -0.05) is 33.6 Å². The zero-order valence-electron chi connectivity index (χ0n) is 12.7. The molecule has 0 radical (unpaired) electrons. The van der Waals surface area contributed by atoms with E-state index in [9.17, 15) is 4.79 Å². The number of hydrogen-bond donors (Lipinski definition) is 1. The highest BCUT2D eigenvalue weighted by atomic mass is 16.2. The molecule has 0 saturated carbocycles. The molecule has 0 aromatic rings. The predicted octanol–water partition coefficient (Wildman–Crippen LogP) is 3.04. The summed E-state index contributed by atoms with van der Waals surface area (Å²) in [6.45, 7) is 11.1. The molecule has 18 heavy (non-hydrogen) atoms. The second-order valence-corrected chi connectivity index (χ2v) is 5.34. The second-order valence-electron chi connectivity index (χ2n) is 5.34. The molecule has 0 saturated heterocycles. The van der Waals surface area contributed by atoms with Crippen molar-refractivity contribution in [3.63, 3.8) is 0 Å². The topological polar surface area (TPSA) is 46.3 Å². The van der Waals surface area contributed by atoms with Crippen molar-refractivity contribution < 1.29 is 4.79 Å². The van der Waals surface area contributed by atoms with Crippen LogP contribution in [0.2, 0.25) is 0 Å². The van der Waals surface area contributed by atoms with Gasteiger partial charge >= 0.3 is 0 Å². The first-order valence-electron chi connectivity index (χ1n) is 7.56. The Labute approximate surface area is 113 Å². The van der Waals surface area contributed by atoms with Crippen LogP contribution in [-0.4, -0.2) is 30.4 Å². The first kappa shape index (κ1) is 17.4. The Balaban J connectivity index is 4.10. The Bertz CT molecular complexity index is 215. The normalized spacial score (nSPS) is 12.8. The average Bonchev–Trinajstić information content (AvgIpc) is 2.38. The fourth-order valence-electron chi connectivity index (χ4n) is 2.22. The summed E-state index contributed by atoms with van der Waals surface area (Å²) in [6.07, 6.45) is 4.98. The number of nitrogens with two attached hydrogens (primary N) is 1. The molecule has 0 aliphatic rings. The third kappa shape index (κ3) is 7.00. The highest BCUT2D eigenvalue weighted by molar-refractivity contribution is 5.76. The summed E-state index contributed by atoms with van der Waals surface area (Å²) in [5, 5.41) is 0. The maximum absolute atomic E-state index is 12.1. The maximum atomic E-state index is 12.1. The highest BCUT2D eigenvalue weighted by Gasteiger charge is 2.16. The number of carbonyl (C=O) groups is 1. The smallest absolute Gasteiger partial charge is 0.222 e. The zero-order valence-corrected chi connectivity index (χ0v) is 12.7. The van der Waals surface area contributed by atoms with Crippen LogP contribution < -0.4 is 5.73 Å². The molecule has 0 aliphatic carbocycles. The van der Waals surface area contributed by atoms with Crippen molar-refractivity contribution in [3.8, 4) is 0 Å². The van der Waals surface area contributed by atoms with Gasteiger partial charge in [-0.25, -0.2) is 0 Å². The lowest BCUT2D eigenvalue weighted by atomic mass is 10.00. The molecule has 3 heteroatoms. The standard InChI is InChI=1S/C15H32N2O/c1-5-14(6-2)12-17(7-3)15(18)9-8-13(4)10-11-16/h13-14H,5-12,16H2,1-4H3. The number of hydrogen-bond acceptors (Lipinski definition) is 2. The van der Waals surface area contributed by atoms with E-state index in [1.165, 1.54) is 0 Å². The first-order chi connectivity index (χ1) is 8.58. The first-order valence-corrected chi connectivity index (χ1v) is 7.56. The summed E-state index contributed by atoms with van der Waals surface area (Å²) in [5.41, 5.74) is 5.53. The van der Waals surface area contributed by atoms with Crippen LogP contribution in [0, 0.1) is 11.8 Å². The molecular formula is C15H32N2O. The fourth-order valence-corrected chi connectivity index (χ4v) is 2.22. The summed E-state index contributed by atoms with van der Waals surface area (Å²) in [4.78, 5) is 14.2. The molecule has 108 valence electrons. The van der Waals surface area contributed by atoms with E-state index in [4.69, 9.17) is 5.73 Å². The van der Waals surface area contributed by atoms with Gasteiger partial charge in [0.05, 0.1) is 0 Å². The van der Waals surface area contributed by atoms with Gasteiger partial charge in [-0.2, -0.15) is 0 Å². The largest absolute Gasteiger partial charge is 0.343 e. The van der Waals surface area contributed by atoms with Crippen molar-refractivity contribution in [2.45, 2.75) is 59.8 Å². The van der Waals surface area contributed by atoms with Crippen LogP contribution in [0.15, 0.2) is 0 Å². The quantitative estimate of drug-likeness (QED) is 0.653. The predicted molar refractivity (Wildman–Crippen MR) is 78.4 cm³/mol. The summed E-state index contributed by atoms with van der Waals surface area (Å²) in [6, 6.07) is 0. The van der Waals surface area contributed by atoms with Crippen molar-refractivity contribution >= 4 is 5.91 Å². The van der Waals surface area contributed by atoms with Crippen LogP contribution in [-0.2, 0) is 4.79 Å². The number of carbonyl (C=O) groups excluding carboxylic acids is 1. The van der Waals surface area contributed by atoms with Crippen molar-refractivity contribution in [2.75, 3.05) is 19.6 Å². The van der Waals surface area contributed by atoms with Gasteiger partial charge in [-0.05, 0) is 38.1 Å². The van der Waals surface area contributed by atoms with Crippen molar-refractivity contribution in [2.24, 2.45) is 17.6 Å². The summed E-state index contributed by atoms with van der Waals surface area (Å²) in [7, 11) is 0. The lowest BCUT2D eigenvalue weighted by Crippen LogP contribution is -2.35. The molecule has 0 bridgehead atoms. The summed E-state index contributed by atoms with van der Waals surface area (Å²) < 4.78 is 0. The van der Waals surface area contributed by atoms with Gasteiger partial charge in [0.15, 0.2) is 0 Å². The Morgan fingerprint density at radius 1 is 1.17 bits per heavy atom. The summed E-state index contributed by atoms with van der Waals surface area (Å²) >= 11 is 0. The Morgan fingerprint density at radius 3 is 2.22 bits per heavy atom. The van der Waals surface area contributed by atoms with Crippen LogP contribution in [0.1, 0.15) is 59.8 Å². The minimum Gasteiger partial charge on any atom is -0.343 e.